The van der Waals surface area contributed by atoms with Crippen molar-refractivity contribution in [2.24, 2.45) is 0 Å². The van der Waals surface area contributed by atoms with Crippen LogP contribution < -0.4 is 10.6 Å². The predicted molar refractivity (Wildman–Crippen MR) is 68.7 cm³/mol. The molecule has 0 bridgehead atoms. The molecule has 2 N–H and O–H groups in total. The second kappa shape index (κ2) is 10.1. The van der Waals surface area contributed by atoms with Gasteiger partial charge in [-0.25, -0.2) is 0 Å². The van der Waals surface area contributed by atoms with Crippen LogP contribution in [-0.4, -0.2) is 49.4 Å². The van der Waals surface area contributed by atoms with Crippen LogP contribution >= 0.6 is 0 Å². The van der Waals surface area contributed by atoms with Gasteiger partial charge in [-0.3, -0.25) is 9.59 Å². The van der Waals surface area contributed by atoms with E-state index in [1.165, 1.54) is 0 Å². The van der Waals surface area contributed by atoms with Gasteiger partial charge in [-0.1, -0.05) is 6.92 Å². The molecule has 5 heteroatoms. The van der Waals surface area contributed by atoms with Gasteiger partial charge in [0.25, 0.3) is 0 Å². The number of hydrogen-bond donors (Lipinski definition) is 2. The molecule has 0 aromatic rings. The summed E-state index contributed by atoms with van der Waals surface area (Å²) in [6.45, 7) is 8.96. The van der Waals surface area contributed by atoms with Crippen LogP contribution in [0.1, 0.15) is 33.6 Å². The molecular formula is C12H25N3O2. The summed E-state index contributed by atoms with van der Waals surface area (Å²) >= 11 is 0. The van der Waals surface area contributed by atoms with Crippen LogP contribution in [0.3, 0.4) is 0 Å². The summed E-state index contributed by atoms with van der Waals surface area (Å²) in [7, 11) is 0. The van der Waals surface area contributed by atoms with Crippen LogP contribution in [0.4, 0.5) is 0 Å². The van der Waals surface area contributed by atoms with Crippen molar-refractivity contribution in [1.29, 1.82) is 0 Å². The average molecular weight is 243 g/mol. The third-order valence-electron chi connectivity index (χ3n) is 2.49. The SMILES string of the molecule is CCCNC(=O)CCNCC(=O)N(CC)CC. The molecule has 0 heterocycles. The van der Waals surface area contributed by atoms with Crippen molar-refractivity contribution in [3.05, 3.63) is 0 Å². The van der Waals surface area contributed by atoms with Gasteiger partial charge >= 0.3 is 0 Å². The Morgan fingerprint density at radius 1 is 1.06 bits per heavy atom. The van der Waals surface area contributed by atoms with E-state index in [-0.39, 0.29) is 11.8 Å². The van der Waals surface area contributed by atoms with Crippen LogP contribution in [0.2, 0.25) is 0 Å². The Bertz CT molecular complexity index is 228. The van der Waals surface area contributed by atoms with E-state index >= 15 is 0 Å². The molecule has 0 radical (unpaired) electrons. The fraction of sp³-hybridized carbons (Fsp3) is 0.833. The van der Waals surface area contributed by atoms with Gasteiger partial charge in [-0.15, -0.1) is 0 Å². The molecule has 100 valence electrons. The lowest BCUT2D eigenvalue weighted by atomic mass is 10.3. The molecule has 0 unspecified atom stereocenters. The number of amides is 2. The Labute approximate surface area is 104 Å². The number of carbonyl (C=O) groups is 2. The van der Waals surface area contributed by atoms with Gasteiger partial charge in [0.05, 0.1) is 6.54 Å². The molecule has 0 saturated carbocycles. The molecule has 2 amide bonds. The lowest BCUT2D eigenvalue weighted by molar-refractivity contribution is -0.130. The topological polar surface area (TPSA) is 61.4 Å². The highest BCUT2D eigenvalue weighted by Gasteiger charge is 2.08. The zero-order valence-corrected chi connectivity index (χ0v) is 11.2. The fourth-order valence-corrected chi connectivity index (χ4v) is 1.44. The van der Waals surface area contributed by atoms with E-state index in [2.05, 4.69) is 10.6 Å². The van der Waals surface area contributed by atoms with Gasteiger partial charge in [0.2, 0.25) is 11.8 Å². The van der Waals surface area contributed by atoms with Crippen molar-refractivity contribution in [3.63, 3.8) is 0 Å². The second-order valence-electron chi connectivity index (χ2n) is 3.84. The van der Waals surface area contributed by atoms with Gasteiger partial charge in [0, 0.05) is 32.6 Å². The maximum atomic E-state index is 11.6. The number of hydrogen-bond acceptors (Lipinski definition) is 3. The third-order valence-corrected chi connectivity index (χ3v) is 2.49. The van der Waals surface area contributed by atoms with Crippen LogP contribution in [0.5, 0.6) is 0 Å². The third kappa shape index (κ3) is 7.74. The van der Waals surface area contributed by atoms with Crippen LogP contribution in [0.15, 0.2) is 0 Å². The van der Waals surface area contributed by atoms with Crippen LogP contribution in [0, 0.1) is 0 Å². The largest absolute Gasteiger partial charge is 0.356 e. The quantitative estimate of drug-likeness (QED) is 0.575. The Morgan fingerprint density at radius 2 is 1.71 bits per heavy atom. The molecule has 0 fully saturated rings. The molecule has 17 heavy (non-hydrogen) atoms. The molecule has 0 aromatic heterocycles. The number of nitrogens with zero attached hydrogens (tertiary/aromatic N) is 1. The zero-order valence-electron chi connectivity index (χ0n) is 11.2. The normalized spacial score (nSPS) is 10.1. The van der Waals surface area contributed by atoms with Crippen molar-refractivity contribution >= 4 is 11.8 Å². The molecule has 0 atom stereocenters. The smallest absolute Gasteiger partial charge is 0.236 e. The van der Waals surface area contributed by atoms with Crippen LogP contribution in [-0.2, 0) is 9.59 Å². The minimum Gasteiger partial charge on any atom is -0.356 e. The van der Waals surface area contributed by atoms with Crippen LogP contribution in [0.25, 0.3) is 0 Å². The first-order chi connectivity index (χ1) is 8.15. The first-order valence-corrected chi connectivity index (χ1v) is 6.40. The molecule has 0 aliphatic rings. The molecule has 0 rings (SSSR count). The summed E-state index contributed by atoms with van der Waals surface area (Å²) in [5.74, 6) is 0.124. The predicted octanol–water partition coefficient (Wildman–Crippen LogP) is 0.361. The lowest BCUT2D eigenvalue weighted by Crippen LogP contribution is -2.39. The second-order valence-corrected chi connectivity index (χ2v) is 3.84. The summed E-state index contributed by atoms with van der Waals surface area (Å²) in [4.78, 5) is 24.6. The zero-order chi connectivity index (χ0) is 13.1. The van der Waals surface area contributed by atoms with Gasteiger partial charge in [0.15, 0.2) is 0 Å². The first-order valence-electron chi connectivity index (χ1n) is 6.40. The van der Waals surface area contributed by atoms with Gasteiger partial charge in [-0.2, -0.15) is 0 Å². The van der Waals surface area contributed by atoms with Crippen molar-refractivity contribution < 1.29 is 9.59 Å². The molecule has 0 aliphatic carbocycles. The van der Waals surface area contributed by atoms with Crippen molar-refractivity contribution in [2.45, 2.75) is 33.6 Å². The van der Waals surface area contributed by atoms with E-state index < -0.39 is 0 Å². The number of likely N-dealkylation sites (N-methyl/N-ethyl adjacent to an activating group) is 1. The maximum Gasteiger partial charge on any atom is 0.236 e. The molecule has 5 nitrogen and oxygen atoms in total. The van der Waals surface area contributed by atoms with E-state index in [1.54, 1.807) is 4.90 Å². The number of carbonyl (C=O) groups excluding carboxylic acids is 2. The fourth-order valence-electron chi connectivity index (χ4n) is 1.44. The Balaban J connectivity index is 3.57. The average Bonchev–Trinajstić information content (AvgIpc) is 2.33. The highest BCUT2D eigenvalue weighted by molar-refractivity contribution is 5.78. The monoisotopic (exact) mass is 243 g/mol. The summed E-state index contributed by atoms with van der Waals surface area (Å²) in [5, 5.41) is 5.78. The highest BCUT2D eigenvalue weighted by atomic mass is 16.2. The molecule has 0 aliphatic heterocycles. The standard InChI is InChI=1S/C12H25N3O2/c1-4-8-14-11(16)7-9-13-10-12(17)15(5-2)6-3/h13H,4-10H2,1-3H3,(H,14,16). The van der Waals surface area contributed by atoms with Crippen molar-refractivity contribution in [2.75, 3.05) is 32.7 Å². The van der Waals surface area contributed by atoms with Gasteiger partial charge < -0.3 is 15.5 Å². The van der Waals surface area contributed by atoms with E-state index in [0.717, 1.165) is 26.1 Å². The Hall–Kier alpha value is -1.10. The number of nitrogens with one attached hydrogen (secondary N) is 2. The van der Waals surface area contributed by atoms with Gasteiger partial charge in [-0.05, 0) is 20.3 Å². The molecular weight excluding hydrogens is 218 g/mol. The summed E-state index contributed by atoms with van der Waals surface area (Å²) in [6.07, 6.45) is 1.37. The van der Waals surface area contributed by atoms with Crippen molar-refractivity contribution in [3.8, 4) is 0 Å². The summed E-state index contributed by atoms with van der Waals surface area (Å²) in [5.41, 5.74) is 0. The maximum absolute atomic E-state index is 11.6. The van der Waals surface area contributed by atoms with E-state index in [0.29, 0.717) is 19.5 Å². The molecule has 0 saturated heterocycles. The Kier molecular flexibility index (Phi) is 9.43. The first kappa shape index (κ1) is 15.9. The van der Waals surface area contributed by atoms with E-state index in [1.807, 2.05) is 20.8 Å². The minimum absolute atomic E-state index is 0.0367. The van der Waals surface area contributed by atoms with Crippen molar-refractivity contribution in [1.82, 2.24) is 15.5 Å². The highest BCUT2D eigenvalue weighted by Crippen LogP contribution is 1.87. The molecule has 0 spiro atoms. The van der Waals surface area contributed by atoms with E-state index in [9.17, 15) is 9.59 Å². The number of rotatable bonds is 9. The minimum atomic E-state index is 0.0367. The lowest BCUT2D eigenvalue weighted by Gasteiger charge is -2.18. The molecule has 0 aromatic carbocycles. The Morgan fingerprint density at radius 3 is 2.24 bits per heavy atom. The van der Waals surface area contributed by atoms with Gasteiger partial charge in [0.1, 0.15) is 0 Å². The summed E-state index contributed by atoms with van der Waals surface area (Å²) in [6, 6.07) is 0. The summed E-state index contributed by atoms with van der Waals surface area (Å²) < 4.78 is 0. The van der Waals surface area contributed by atoms with E-state index in [4.69, 9.17) is 0 Å².